The molecule has 0 aliphatic heterocycles. The van der Waals surface area contributed by atoms with Crippen molar-refractivity contribution in [3.63, 3.8) is 0 Å². The molecule has 5 nitrogen and oxygen atoms in total. The van der Waals surface area contributed by atoms with Crippen molar-refractivity contribution in [2.75, 3.05) is 0 Å². The first-order valence-corrected chi connectivity index (χ1v) is 4.71. The fourth-order valence-corrected chi connectivity index (χ4v) is 0.963. The number of carbonyl (C=O) groups excluding carboxylic acids is 3. The van der Waals surface area contributed by atoms with E-state index in [1.54, 1.807) is 0 Å². The topological polar surface area (TPSA) is 89.3 Å². The van der Waals surface area contributed by atoms with E-state index in [1.165, 1.54) is 0 Å². The number of amides is 3. The number of hydrogen-bond donors (Lipinski definition) is 2. The van der Waals surface area contributed by atoms with Crippen LogP contribution in [0.15, 0.2) is 0 Å². The van der Waals surface area contributed by atoms with Crippen LogP contribution in [0.1, 0.15) is 39.0 Å². The van der Waals surface area contributed by atoms with Crippen molar-refractivity contribution in [2.24, 2.45) is 5.73 Å². The van der Waals surface area contributed by atoms with Crippen molar-refractivity contribution in [3.05, 3.63) is 0 Å². The molecule has 0 aromatic heterocycles. The first-order valence-electron chi connectivity index (χ1n) is 4.71. The Morgan fingerprint density at radius 3 is 2.29 bits per heavy atom. The minimum Gasteiger partial charge on any atom is -0.361 e. The van der Waals surface area contributed by atoms with Crippen molar-refractivity contribution in [1.29, 1.82) is 0 Å². The van der Waals surface area contributed by atoms with Crippen molar-refractivity contribution < 1.29 is 14.4 Å². The molecule has 0 bridgehead atoms. The van der Waals surface area contributed by atoms with E-state index in [0.717, 1.165) is 25.7 Å². The van der Waals surface area contributed by atoms with Gasteiger partial charge in [-0.05, 0) is 6.42 Å². The van der Waals surface area contributed by atoms with E-state index in [9.17, 15) is 14.4 Å². The first kappa shape index (κ1) is 12.6. The van der Waals surface area contributed by atoms with Crippen LogP contribution in [0.5, 0.6) is 0 Å². The number of primary amides is 1. The maximum Gasteiger partial charge on any atom is 0.315 e. The smallest absolute Gasteiger partial charge is 0.315 e. The van der Waals surface area contributed by atoms with Gasteiger partial charge in [0.15, 0.2) is 0 Å². The molecule has 0 aromatic carbocycles. The Morgan fingerprint density at radius 2 is 1.79 bits per heavy atom. The molecular weight excluding hydrogens is 184 g/mol. The lowest BCUT2D eigenvalue weighted by atomic mass is 10.1. The number of imide groups is 1. The van der Waals surface area contributed by atoms with Crippen LogP contribution < -0.4 is 11.1 Å². The molecule has 5 heteroatoms. The summed E-state index contributed by atoms with van der Waals surface area (Å²) in [7, 11) is 0. The molecule has 0 saturated carbocycles. The predicted octanol–water partition coefficient (Wildman–Crippen LogP) is 0.0849. The third-order valence-electron chi connectivity index (χ3n) is 1.73. The molecule has 0 aromatic rings. The zero-order valence-corrected chi connectivity index (χ0v) is 8.34. The summed E-state index contributed by atoms with van der Waals surface area (Å²) in [5, 5.41) is 1.90. The maximum absolute atomic E-state index is 11.0. The van der Waals surface area contributed by atoms with Crippen LogP contribution in [0, 0.1) is 0 Å². The van der Waals surface area contributed by atoms with Gasteiger partial charge in [0.05, 0.1) is 0 Å². The van der Waals surface area contributed by atoms with E-state index in [1.807, 2.05) is 5.32 Å². The quantitative estimate of drug-likeness (QED) is 0.486. The highest BCUT2D eigenvalue weighted by molar-refractivity contribution is 6.37. The normalized spacial score (nSPS) is 9.50. The van der Waals surface area contributed by atoms with Crippen LogP contribution in [-0.4, -0.2) is 17.7 Å². The van der Waals surface area contributed by atoms with Crippen LogP contribution >= 0.6 is 0 Å². The lowest BCUT2D eigenvalue weighted by Gasteiger charge is -2.00. The molecular formula is C9H16N2O3. The fourth-order valence-electron chi connectivity index (χ4n) is 0.963. The molecule has 0 radical (unpaired) electrons. The van der Waals surface area contributed by atoms with Gasteiger partial charge in [-0.3, -0.25) is 19.7 Å². The number of nitrogens with one attached hydrogen (secondary N) is 1. The molecule has 0 saturated heterocycles. The average molecular weight is 200 g/mol. The Hall–Kier alpha value is -1.39. The van der Waals surface area contributed by atoms with Crippen LogP contribution in [0.2, 0.25) is 0 Å². The zero-order valence-electron chi connectivity index (χ0n) is 8.34. The molecule has 3 N–H and O–H groups in total. The molecule has 80 valence electrons. The fraction of sp³-hybridized carbons (Fsp3) is 0.667. The minimum atomic E-state index is -1.13. The lowest BCUT2D eigenvalue weighted by molar-refractivity contribution is -0.140. The van der Waals surface area contributed by atoms with E-state index in [4.69, 9.17) is 0 Å². The highest BCUT2D eigenvalue weighted by Crippen LogP contribution is 2.01. The third kappa shape index (κ3) is 6.16. The van der Waals surface area contributed by atoms with Crippen molar-refractivity contribution in [1.82, 2.24) is 5.32 Å². The van der Waals surface area contributed by atoms with Crippen LogP contribution in [0.3, 0.4) is 0 Å². The summed E-state index contributed by atoms with van der Waals surface area (Å²) >= 11 is 0. The molecule has 0 aliphatic carbocycles. The van der Waals surface area contributed by atoms with Gasteiger partial charge in [-0.1, -0.05) is 26.2 Å². The molecule has 0 aliphatic rings. The Balaban J connectivity index is 3.56. The lowest BCUT2D eigenvalue weighted by Crippen LogP contribution is -2.39. The third-order valence-corrected chi connectivity index (χ3v) is 1.73. The summed E-state index contributed by atoms with van der Waals surface area (Å²) in [5.74, 6) is -2.61. The number of hydrogen-bond acceptors (Lipinski definition) is 3. The molecule has 0 unspecified atom stereocenters. The summed E-state index contributed by atoms with van der Waals surface area (Å²) < 4.78 is 0. The van der Waals surface area contributed by atoms with Crippen molar-refractivity contribution in [2.45, 2.75) is 39.0 Å². The van der Waals surface area contributed by atoms with Crippen molar-refractivity contribution >= 4 is 17.7 Å². The van der Waals surface area contributed by atoms with Crippen LogP contribution in [-0.2, 0) is 14.4 Å². The van der Waals surface area contributed by atoms with Gasteiger partial charge in [0.25, 0.3) is 0 Å². The zero-order chi connectivity index (χ0) is 11.0. The van der Waals surface area contributed by atoms with E-state index in [0.29, 0.717) is 0 Å². The van der Waals surface area contributed by atoms with Crippen LogP contribution in [0.4, 0.5) is 0 Å². The van der Waals surface area contributed by atoms with Gasteiger partial charge < -0.3 is 5.73 Å². The Morgan fingerprint density at radius 1 is 1.14 bits per heavy atom. The standard InChI is InChI=1S/C9H16N2O3/c1-2-3-4-5-6-7(12)11-9(14)8(10)13/h2-6H2,1H3,(H2,10,13)(H,11,12,14). The van der Waals surface area contributed by atoms with E-state index >= 15 is 0 Å². The van der Waals surface area contributed by atoms with Gasteiger partial charge in [-0.15, -0.1) is 0 Å². The average Bonchev–Trinajstić information content (AvgIpc) is 2.12. The molecule has 0 heterocycles. The largest absolute Gasteiger partial charge is 0.361 e. The number of carbonyl (C=O) groups is 3. The van der Waals surface area contributed by atoms with E-state index < -0.39 is 17.7 Å². The maximum atomic E-state index is 11.0. The Labute approximate surface area is 83.0 Å². The van der Waals surface area contributed by atoms with E-state index in [-0.39, 0.29) is 6.42 Å². The Kier molecular flexibility index (Phi) is 6.36. The van der Waals surface area contributed by atoms with Gasteiger partial charge in [0.2, 0.25) is 5.91 Å². The summed E-state index contributed by atoms with van der Waals surface area (Å²) in [6.45, 7) is 2.07. The number of nitrogens with two attached hydrogens (primary N) is 1. The molecule has 0 fully saturated rings. The minimum absolute atomic E-state index is 0.263. The van der Waals surface area contributed by atoms with Gasteiger partial charge >= 0.3 is 11.8 Å². The summed E-state index contributed by atoms with van der Waals surface area (Å²) in [6.07, 6.45) is 4.10. The molecule has 14 heavy (non-hydrogen) atoms. The predicted molar refractivity (Wildman–Crippen MR) is 51.1 cm³/mol. The van der Waals surface area contributed by atoms with Gasteiger partial charge in [-0.2, -0.15) is 0 Å². The first-order chi connectivity index (χ1) is 6.57. The van der Waals surface area contributed by atoms with Crippen molar-refractivity contribution in [3.8, 4) is 0 Å². The second-order valence-electron chi connectivity index (χ2n) is 3.05. The summed E-state index contributed by atoms with van der Waals surface area (Å²) in [5.41, 5.74) is 4.66. The number of unbranched alkanes of at least 4 members (excludes halogenated alkanes) is 3. The Bertz CT molecular complexity index is 226. The molecule has 0 rings (SSSR count). The summed E-state index contributed by atoms with van der Waals surface area (Å²) in [6, 6.07) is 0. The second-order valence-corrected chi connectivity index (χ2v) is 3.05. The SMILES string of the molecule is CCCCCCC(=O)NC(=O)C(N)=O. The van der Waals surface area contributed by atoms with Gasteiger partial charge in [0.1, 0.15) is 0 Å². The highest BCUT2D eigenvalue weighted by atomic mass is 16.2. The molecule has 3 amide bonds. The number of rotatable bonds is 5. The molecule has 0 spiro atoms. The van der Waals surface area contributed by atoms with Gasteiger partial charge in [0, 0.05) is 6.42 Å². The highest BCUT2D eigenvalue weighted by Gasteiger charge is 2.11. The van der Waals surface area contributed by atoms with Crippen LogP contribution in [0.25, 0.3) is 0 Å². The monoisotopic (exact) mass is 200 g/mol. The second kappa shape index (κ2) is 7.06. The van der Waals surface area contributed by atoms with E-state index in [2.05, 4.69) is 12.7 Å². The molecule has 0 atom stereocenters. The summed E-state index contributed by atoms with van der Waals surface area (Å²) in [4.78, 5) is 31.9. The van der Waals surface area contributed by atoms with Gasteiger partial charge in [-0.25, -0.2) is 0 Å².